The molecule has 126 valence electrons. The molecule has 25 heavy (non-hydrogen) atoms. The van der Waals surface area contributed by atoms with Crippen LogP contribution in [-0.2, 0) is 0 Å². The molecule has 7 heteroatoms. The SMILES string of the molecule is Cc1nc(-c2ccccn2)sc1C(=O)Nc1ccc2c(c1)OCCO2. The van der Waals surface area contributed by atoms with E-state index in [4.69, 9.17) is 9.47 Å². The number of aromatic nitrogens is 2. The number of amides is 1. The van der Waals surface area contributed by atoms with Gasteiger partial charge in [-0.05, 0) is 31.2 Å². The van der Waals surface area contributed by atoms with Gasteiger partial charge in [0.2, 0.25) is 0 Å². The van der Waals surface area contributed by atoms with Crippen LogP contribution in [0.4, 0.5) is 5.69 Å². The number of rotatable bonds is 3. The van der Waals surface area contributed by atoms with Crippen molar-refractivity contribution >= 4 is 22.9 Å². The molecule has 0 saturated heterocycles. The van der Waals surface area contributed by atoms with Crippen molar-refractivity contribution in [3.63, 3.8) is 0 Å². The Bertz CT molecular complexity index is 925. The minimum atomic E-state index is -0.200. The van der Waals surface area contributed by atoms with Crippen LogP contribution in [0.5, 0.6) is 11.5 Å². The fourth-order valence-corrected chi connectivity index (χ4v) is 3.45. The fourth-order valence-electron chi connectivity index (χ4n) is 2.51. The van der Waals surface area contributed by atoms with Crippen molar-refractivity contribution in [3.05, 3.63) is 53.2 Å². The number of hydrogen-bond acceptors (Lipinski definition) is 6. The van der Waals surface area contributed by atoms with Crippen molar-refractivity contribution in [2.24, 2.45) is 0 Å². The molecule has 0 unspecified atom stereocenters. The Morgan fingerprint density at radius 1 is 1.16 bits per heavy atom. The Hall–Kier alpha value is -2.93. The predicted molar refractivity (Wildman–Crippen MR) is 95.5 cm³/mol. The normalized spacial score (nSPS) is 12.7. The molecule has 1 aliphatic rings. The number of ether oxygens (including phenoxy) is 2. The minimum absolute atomic E-state index is 0.200. The van der Waals surface area contributed by atoms with Crippen LogP contribution < -0.4 is 14.8 Å². The Morgan fingerprint density at radius 3 is 2.80 bits per heavy atom. The number of fused-ring (bicyclic) bond motifs is 1. The molecule has 0 fully saturated rings. The van der Waals surface area contributed by atoms with Crippen molar-refractivity contribution in [1.82, 2.24) is 9.97 Å². The summed E-state index contributed by atoms with van der Waals surface area (Å²) < 4.78 is 11.0. The van der Waals surface area contributed by atoms with E-state index in [2.05, 4.69) is 15.3 Å². The number of nitrogens with zero attached hydrogens (tertiary/aromatic N) is 2. The van der Waals surface area contributed by atoms with Crippen LogP contribution >= 0.6 is 11.3 Å². The molecule has 3 aromatic rings. The quantitative estimate of drug-likeness (QED) is 0.780. The number of thiazole rings is 1. The average molecular weight is 353 g/mol. The van der Waals surface area contributed by atoms with Crippen LogP contribution in [0.1, 0.15) is 15.4 Å². The lowest BCUT2D eigenvalue weighted by atomic mass is 10.2. The van der Waals surface area contributed by atoms with Gasteiger partial charge in [0.25, 0.3) is 5.91 Å². The van der Waals surface area contributed by atoms with Crippen LogP contribution in [0.2, 0.25) is 0 Å². The number of carbonyl (C=O) groups excluding carboxylic acids is 1. The zero-order valence-corrected chi connectivity index (χ0v) is 14.3. The molecule has 0 radical (unpaired) electrons. The first-order valence-electron chi connectivity index (χ1n) is 7.80. The van der Waals surface area contributed by atoms with Gasteiger partial charge in [0, 0.05) is 18.0 Å². The number of hydrogen-bond donors (Lipinski definition) is 1. The lowest BCUT2D eigenvalue weighted by molar-refractivity contribution is 0.102. The highest BCUT2D eigenvalue weighted by Gasteiger charge is 2.18. The van der Waals surface area contributed by atoms with Gasteiger partial charge in [0.05, 0.1) is 11.4 Å². The summed E-state index contributed by atoms with van der Waals surface area (Å²) in [5, 5.41) is 3.62. The van der Waals surface area contributed by atoms with Crippen LogP contribution in [0.3, 0.4) is 0 Å². The van der Waals surface area contributed by atoms with E-state index in [-0.39, 0.29) is 5.91 Å². The van der Waals surface area contributed by atoms with Crippen molar-refractivity contribution < 1.29 is 14.3 Å². The minimum Gasteiger partial charge on any atom is -0.486 e. The molecular weight excluding hydrogens is 338 g/mol. The van der Waals surface area contributed by atoms with Gasteiger partial charge in [0.1, 0.15) is 23.1 Å². The van der Waals surface area contributed by atoms with E-state index in [0.717, 1.165) is 10.7 Å². The predicted octanol–water partition coefficient (Wildman–Crippen LogP) is 3.54. The summed E-state index contributed by atoms with van der Waals surface area (Å²) in [6.07, 6.45) is 1.71. The number of anilines is 1. The Labute approximate surface area is 148 Å². The molecule has 1 amide bonds. The van der Waals surface area contributed by atoms with Gasteiger partial charge in [-0.2, -0.15) is 0 Å². The number of carbonyl (C=O) groups is 1. The highest BCUT2D eigenvalue weighted by molar-refractivity contribution is 7.17. The smallest absolute Gasteiger partial charge is 0.267 e. The second kappa shape index (κ2) is 6.52. The maximum Gasteiger partial charge on any atom is 0.267 e. The molecule has 0 aliphatic carbocycles. The standard InChI is InChI=1S/C18H15N3O3S/c1-11-16(25-18(20-11)13-4-2-3-7-19-13)17(22)21-12-5-6-14-15(10-12)24-9-8-23-14/h2-7,10H,8-9H2,1H3,(H,21,22). The van der Waals surface area contributed by atoms with E-state index >= 15 is 0 Å². The molecule has 3 heterocycles. The van der Waals surface area contributed by atoms with Crippen LogP contribution in [0.25, 0.3) is 10.7 Å². The van der Waals surface area contributed by atoms with Crippen LogP contribution in [0, 0.1) is 6.92 Å². The van der Waals surface area contributed by atoms with E-state index in [1.807, 2.05) is 25.1 Å². The highest BCUT2D eigenvalue weighted by Crippen LogP contribution is 2.33. The monoisotopic (exact) mass is 353 g/mol. The lowest BCUT2D eigenvalue weighted by Crippen LogP contribution is -2.16. The molecule has 0 spiro atoms. The van der Waals surface area contributed by atoms with E-state index in [1.54, 1.807) is 24.4 Å². The number of aryl methyl sites for hydroxylation is 1. The molecular formula is C18H15N3O3S. The molecule has 0 bridgehead atoms. The second-order valence-corrected chi connectivity index (χ2v) is 6.46. The summed E-state index contributed by atoms with van der Waals surface area (Å²) in [7, 11) is 0. The number of nitrogens with one attached hydrogen (secondary N) is 1. The molecule has 1 aliphatic heterocycles. The summed E-state index contributed by atoms with van der Waals surface area (Å²) in [6.45, 7) is 2.86. The van der Waals surface area contributed by atoms with E-state index in [9.17, 15) is 4.79 Å². The third kappa shape index (κ3) is 3.18. The van der Waals surface area contributed by atoms with Gasteiger partial charge in [-0.3, -0.25) is 9.78 Å². The molecule has 1 N–H and O–H groups in total. The Kier molecular flexibility index (Phi) is 4.07. The molecule has 2 aromatic heterocycles. The highest BCUT2D eigenvalue weighted by atomic mass is 32.1. The van der Waals surface area contributed by atoms with Crippen molar-refractivity contribution in [2.45, 2.75) is 6.92 Å². The molecule has 1 aromatic carbocycles. The zero-order valence-electron chi connectivity index (χ0n) is 13.5. The summed E-state index contributed by atoms with van der Waals surface area (Å²) in [6, 6.07) is 11.0. The Morgan fingerprint density at radius 2 is 2.00 bits per heavy atom. The summed E-state index contributed by atoms with van der Waals surface area (Å²) in [4.78, 5) is 21.9. The second-order valence-electron chi connectivity index (χ2n) is 5.46. The zero-order chi connectivity index (χ0) is 17.2. The van der Waals surface area contributed by atoms with Gasteiger partial charge in [0.15, 0.2) is 11.5 Å². The fraction of sp³-hybridized carbons (Fsp3) is 0.167. The van der Waals surface area contributed by atoms with Crippen molar-refractivity contribution in [3.8, 4) is 22.2 Å². The first kappa shape index (κ1) is 15.6. The topological polar surface area (TPSA) is 73.3 Å². The first-order chi connectivity index (χ1) is 12.2. The van der Waals surface area contributed by atoms with E-state index < -0.39 is 0 Å². The van der Waals surface area contributed by atoms with E-state index in [0.29, 0.717) is 41.0 Å². The molecule has 4 rings (SSSR count). The van der Waals surface area contributed by atoms with Crippen molar-refractivity contribution in [2.75, 3.05) is 18.5 Å². The van der Waals surface area contributed by atoms with Crippen LogP contribution in [-0.4, -0.2) is 29.1 Å². The molecule has 6 nitrogen and oxygen atoms in total. The lowest BCUT2D eigenvalue weighted by Gasteiger charge is -2.18. The average Bonchev–Trinajstić information content (AvgIpc) is 3.04. The molecule has 0 atom stereocenters. The first-order valence-corrected chi connectivity index (χ1v) is 8.62. The van der Waals surface area contributed by atoms with Gasteiger partial charge < -0.3 is 14.8 Å². The Balaban J connectivity index is 1.56. The van der Waals surface area contributed by atoms with Crippen LogP contribution in [0.15, 0.2) is 42.6 Å². The van der Waals surface area contributed by atoms with Gasteiger partial charge in [-0.25, -0.2) is 4.98 Å². The van der Waals surface area contributed by atoms with E-state index in [1.165, 1.54) is 11.3 Å². The largest absolute Gasteiger partial charge is 0.486 e. The maximum atomic E-state index is 12.6. The van der Waals surface area contributed by atoms with Gasteiger partial charge in [-0.1, -0.05) is 6.07 Å². The third-order valence-electron chi connectivity index (χ3n) is 3.69. The number of pyridine rings is 1. The molecule has 0 saturated carbocycles. The van der Waals surface area contributed by atoms with Gasteiger partial charge in [-0.15, -0.1) is 11.3 Å². The number of benzene rings is 1. The maximum absolute atomic E-state index is 12.6. The van der Waals surface area contributed by atoms with Gasteiger partial charge >= 0.3 is 0 Å². The summed E-state index contributed by atoms with van der Waals surface area (Å²) in [5.74, 6) is 1.13. The summed E-state index contributed by atoms with van der Waals surface area (Å²) >= 11 is 1.33. The summed E-state index contributed by atoms with van der Waals surface area (Å²) in [5.41, 5.74) is 2.09. The van der Waals surface area contributed by atoms with Crippen molar-refractivity contribution in [1.29, 1.82) is 0 Å². The third-order valence-corrected chi connectivity index (χ3v) is 4.87.